The Balaban J connectivity index is 2.02. The molecule has 4 heteroatoms. The minimum atomic E-state index is -0.344. The lowest BCUT2D eigenvalue weighted by molar-refractivity contribution is 0.414. The summed E-state index contributed by atoms with van der Waals surface area (Å²) < 4.78 is 18.6. The third-order valence-corrected chi connectivity index (χ3v) is 2.64. The number of methoxy groups -OCH3 is 1. The lowest BCUT2D eigenvalue weighted by Crippen LogP contribution is -2.02. The molecule has 0 aliphatic heterocycles. The number of nitrogen functional groups attached to an aromatic ring is 1. The smallest absolute Gasteiger partial charge is 0.148 e. The van der Waals surface area contributed by atoms with Gasteiger partial charge in [-0.3, -0.25) is 0 Å². The molecule has 0 atom stereocenters. The number of hydrogen-bond donors (Lipinski definition) is 2. The Hall–Kier alpha value is -2.23. The van der Waals surface area contributed by atoms with E-state index in [9.17, 15) is 4.39 Å². The van der Waals surface area contributed by atoms with Crippen LogP contribution in [-0.2, 0) is 6.54 Å². The lowest BCUT2D eigenvalue weighted by atomic mass is 10.2. The molecule has 0 heterocycles. The second-order valence-electron chi connectivity index (χ2n) is 3.94. The van der Waals surface area contributed by atoms with Gasteiger partial charge in [0.15, 0.2) is 0 Å². The number of anilines is 2. The molecule has 0 unspecified atom stereocenters. The highest BCUT2D eigenvalue weighted by Gasteiger charge is 2.02. The van der Waals surface area contributed by atoms with Crippen molar-refractivity contribution in [2.75, 3.05) is 18.2 Å². The lowest BCUT2D eigenvalue weighted by Gasteiger charge is -2.08. The molecule has 94 valence electrons. The van der Waals surface area contributed by atoms with Gasteiger partial charge in [-0.15, -0.1) is 0 Å². The van der Waals surface area contributed by atoms with Gasteiger partial charge in [0, 0.05) is 12.2 Å². The van der Waals surface area contributed by atoms with E-state index in [1.165, 1.54) is 6.07 Å². The van der Waals surface area contributed by atoms with Crippen LogP contribution in [0, 0.1) is 5.82 Å². The summed E-state index contributed by atoms with van der Waals surface area (Å²) in [4.78, 5) is 0. The molecule has 0 aliphatic carbocycles. The third-order valence-electron chi connectivity index (χ3n) is 2.64. The van der Waals surface area contributed by atoms with Gasteiger partial charge in [-0.05, 0) is 35.9 Å². The second kappa shape index (κ2) is 5.40. The van der Waals surface area contributed by atoms with Crippen molar-refractivity contribution < 1.29 is 9.13 Å². The van der Waals surface area contributed by atoms with Crippen LogP contribution < -0.4 is 15.8 Å². The SMILES string of the molecule is COc1ccc(CNc2ccc(N)cc2F)cc1. The quantitative estimate of drug-likeness (QED) is 0.815. The number of nitrogens with two attached hydrogens (primary N) is 1. The number of halogens is 1. The maximum Gasteiger partial charge on any atom is 0.148 e. The van der Waals surface area contributed by atoms with Gasteiger partial charge in [0.1, 0.15) is 11.6 Å². The fraction of sp³-hybridized carbons (Fsp3) is 0.143. The molecule has 0 radical (unpaired) electrons. The summed E-state index contributed by atoms with van der Waals surface area (Å²) in [5.41, 5.74) is 7.40. The zero-order valence-corrected chi connectivity index (χ0v) is 10.1. The van der Waals surface area contributed by atoms with Crippen LogP contribution in [0.15, 0.2) is 42.5 Å². The number of ether oxygens (including phenoxy) is 1. The van der Waals surface area contributed by atoms with E-state index in [2.05, 4.69) is 5.32 Å². The molecule has 2 aromatic carbocycles. The topological polar surface area (TPSA) is 47.3 Å². The van der Waals surface area contributed by atoms with Crippen LogP contribution in [0.4, 0.5) is 15.8 Å². The first-order chi connectivity index (χ1) is 8.69. The van der Waals surface area contributed by atoms with Crippen molar-refractivity contribution in [3.63, 3.8) is 0 Å². The highest BCUT2D eigenvalue weighted by molar-refractivity contribution is 5.52. The molecule has 0 bridgehead atoms. The summed E-state index contributed by atoms with van der Waals surface area (Å²) in [7, 11) is 1.62. The molecule has 2 aromatic rings. The highest BCUT2D eigenvalue weighted by atomic mass is 19.1. The Kier molecular flexibility index (Phi) is 3.67. The molecule has 0 saturated carbocycles. The normalized spacial score (nSPS) is 10.1. The van der Waals surface area contributed by atoms with Gasteiger partial charge < -0.3 is 15.8 Å². The van der Waals surface area contributed by atoms with Crippen LogP contribution in [0.5, 0.6) is 5.75 Å². The average Bonchev–Trinajstić information content (AvgIpc) is 2.38. The van der Waals surface area contributed by atoms with Crippen LogP contribution in [0.25, 0.3) is 0 Å². The van der Waals surface area contributed by atoms with Gasteiger partial charge in [-0.1, -0.05) is 12.1 Å². The van der Waals surface area contributed by atoms with Crippen molar-refractivity contribution in [2.24, 2.45) is 0 Å². The van der Waals surface area contributed by atoms with Gasteiger partial charge >= 0.3 is 0 Å². The number of nitrogens with one attached hydrogen (secondary N) is 1. The molecule has 3 N–H and O–H groups in total. The van der Waals surface area contributed by atoms with E-state index in [1.807, 2.05) is 24.3 Å². The number of rotatable bonds is 4. The Morgan fingerprint density at radius 3 is 2.50 bits per heavy atom. The van der Waals surface area contributed by atoms with Crippen molar-refractivity contribution in [2.45, 2.75) is 6.54 Å². The van der Waals surface area contributed by atoms with Gasteiger partial charge in [-0.25, -0.2) is 4.39 Å². The molecule has 3 nitrogen and oxygen atoms in total. The number of hydrogen-bond acceptors (Lipinski definition) is 3. The van der Waals surface area contributed by atoms with Crippen LogP contribution in [0.3, 0.4) is 0 Å². The predicted molar refractivity (Wildman–Crippen MR) is 71.1 cm³/mol. The van der Waals surface area contributed by atoms with Crippen LogP contribution in [0.1, 0.15) is 5.56 Å². The Morgan fingerprint density at radius 2 is 1.89 bits per heavy atom. The molecule has 0 saturated heterocycles. The number of benzene rings is 2. The highest BCUT2D eigenvalue weighted by Crippen LogP contribution is 2.18. The Morgan fingerprint density at radius 1 is 1.17 bits per heavy atom. The average molecular weight is 246 g/mol. The van der Waals surface area contributed by atoms with Gasteiger partial charge in [0.2, 0.25) is 0 Å². The molecule has 0 amide bonds. The molecule has 0 fully saturated rings. The molecular formula is C14H15FN2O. The summed E-state index contributed by atoms with van der Waals surface area (Å²) in [5, 5.41) is 3.02. The zero-order chi connectivity index (χ0) is 13.0. The fourth-order valence-corrected chi connectivity index (χ4v) is 1.62. The third kappa shape index (κ3) is 2.91. The van der Waals surface area contributed by atoms with Crippen molar-refractivity contribution in [1.29, 1.82) is 0 Å². The van der Waals surface area contributed by atoms with Crippen molar-refractivity contribution in [3.05, 3.63) is 53.8 Å². The zero-order valence-electron chi connectivity index (χ0n) is 10.1. The van der Waals surface area contributed by atoms with Crippen molar-refractivity contribution >= 4 is 11.4 Å². The predicted octanol–water partition coefficient (Wildman–Crippen LogP) is 3.03. The minimum Gasteiger partial charge on any atom is -0.497 e. The summed E-state index contributed by atoms with van der Waals surface area (Å²) in [6.07, 6.45) is 0. The minimum absolute atomic E-state index is 0.344. The summed E-state index contributed by atoms with van der Waals surface area (Å²) in [5.74, 6) is 0.459. The summed E-state index contributed by atoms with van der Waals surface area (Å²) in [6, 6.07) is 12.2. The van der Waals surface area contributed by atoms with Gasteiger partial charge in [0.25, 0.3) is 0 Å². The Labute approximate surface area is 105 Å². The van der Waals surface area contributed by atoms with E-state index in [0.717, 1.165) is 11.3 Å². The van der Waals surface area contributed by atoms with Crippen LogP contribution in [-0.4, -0.2) is 7.11 Å². The Bertz CT molecular complexity index is 526. The molecular weight excluding hydrogens is 231 g/mol. The van der Waals surface area contributed by atoms with E-state index in [4.69, 9.17) is 10.5 Å². The van der Waals surface area contributed by atoms with Crippen LogP contribution in [0.2, 0.25) is 0 Å². The molecule has 0 aromatic heterocycles. The molecule has 18 heavy (non-hydrogen) atoms. The molecule has 0 aliphatic rings. The first-order valence-corrected chi connectivity index (χ1v) is 5.61. The standard InChI is InChI=1S/C14H15FN2O/c1-18-12-5-2-10(3-6-12)9-17-14-7-4-11(16)8-13(14)15/h2-8,17H,9,16H2,1H3. The van der Waals surface area contributed by atoms with Crippen molar-refractivity contribution in [3.8, 4) is 5.75 Å². The first-order valence-electron chi connectivity index (χ1n) is 5.61. The van der Waals surface area contributed by atoms with Crippen molar-refractivity contribution in [1.82, 2.24) is 0 Å². The van der Waals surface area contributed by atoms with E-state index in [1.54, 1.807) is 19.2 Å². The largest absolute Gasteiger partial charge is 0.497 e. The fourth-order valence-electron chi connectivity index (χ4n) is 1.62. The summed E-state index contributed by atoms with van der Waals surface area (Å²) >= 11 is 0. The van der Waals surface area contributed by atoms with E-state index >= 15 is 0 Å². The van der Waals surface area contributed by atoms with E-state index in [0.29, 0.717) is 17.9 Å². The van der Waals surface area contributed by atoms with E-state index < -0.39 is 0 Å². The second-order valence-corrected chi connectivity index (χ2v) is 3.94. The van der Waals surface area contributed by atoms with E-state index in [-0.39, 0.29) is 5.82 Å². The van der Waals surface area contributed by atoms with Crippen LogP contribution >= 0.6 is 0 Å². The van der Waals surface area contributed by atoms with Gasteiger partial charge in [-0.2, -0.15) is 0 Å². The monoisotopic (exact) mass is 246 g/mol. The maximum atomic E-state index is 13.5. The summed E-state index contributed by atoms with van der Waals surface area (Å²) in [6.45, 7) is 0.546. The first kappa shape index (κ1) is 12.2. The molecule has 2 rings (SSSR count). The molecule has 0 spiro atoms. The van der Waals surface area contributed by atoms with Gasteiger partial charge in [0.05, 0.1) is 12.8 Å². The maximum absolute atomic E-state index is 13.5.